The van der Waals surface area contributed by atoms with Gasteiger partial charge in [-0.05, 0) is 39.1 Å². The molecule has 1 aromatic carbocycles. The first-order chi connectivity index (χ1) is 10.9. The lowest BCUT2D eigenvalue weighted by Gasteiger charge is -2.16. The van der Waals surface area contributed by atoms with Gasteiger partial charge in [0.15, 0.2) is 0 Å². The van der Waals surface area contributed by atoms with Gasteiger partial charge in [0.25, 0.3) is 0 Å². The van der Waals surface area contributed by atoms with E-state index in [0.29, 0.717) is 25.2 Å². The highest BCUT2D eigenvalue weighted by Gasteiger charge is 2.12. The minimum atomic E-state index is -0.510. The molecule has 2 aromatic rings. The molecule has 124 valence electrons. The number of hydrogen-bond acceptors (Lipinski definition) is 4. The molecule has 0 aliphatic heterocycles. The van der Waals surface area contributed by atoms with E-state index < -0.39 is 5.82 Å². The number of rotatable bonds is 6. The fraction of sp³-hybridized carbons (Fsp3) is 0.375. The Morgan fingerprint density at radius 2 is 2.17 bits per heavy atom. The molecule has 0 fully saturated rings. The van der Waals surface area contributed by atoms with Crippen LogP contribution in [0.2, 0.25) is 5.02 Å². The van der Waals surface area contributed by atoms with Crippen molar-refractivity contribution in [2.45, 2.75) is 26.8 Å². The lowest BCUT2D eigenvalue weighted by molar-refractivity contribution is -0.116. The molecule has 0 radical (unpaired) electrons. The Bertz CT molecular complexity index is 683. The number of anilines is 1. The highest BCUT2D eigenvalue weighted by atomic mass is 35.5. The predicted octanol–water partition coefficient (Wildman–Crippen LogP) is 3.54. The van der Waals surface area contributed by atoms with Crippen LogP contribution in [0.25, 0.3) is 0 Å². The highest BCUT2D eigenvalue weighted by Crippen LogP contribution is 2.19. The first-order valence-corrected chi connectivity index (χ1v) is 7.60. The Labute approximate surface area is 139 Å². The summed E-state index contributed by atoms with van der Waals surface area (Å²) in [6, 6.07) is 4.09. The summed E-state index contributed by atoms with van der Waals surface area (Å²) in [5.74, 6) is 0.127. The van der Waals surface area contributed by atoms with Crippen LogP contribution in [0.3, 0.4) is 0 Å². The van der Waals surface area contributed by atoms with Crippen LogP contribution < -0.4 is 5.32 Å². The summed E-state index contributed by atoms with van der Waals surface area (Å²) in [7, 11) is 1.92. The summed E-state index contributed by atoms with van der Waals surface area (Å²) in [5, 5.41) is 6.60. The molecule has 1 N–H and O–H groups in total. The number of aryl methyl sites for hydroxylation is 2. The molecule has 7 heteroatoms. The van der Waals surface area contributed by atoms with E-state index in [-0.39, 0.29) is 10.9 Å². The summed E-state index contributed by atoms with van der Waals surface area (Å²) < 4.78 is 18.2. The standard InChI is InChI=1S/C16H19ClFN3O2/c1-10-13(11(2)23-20-10)9-21(3)7-6-16(22)19-12-4-5-15(18)14(17)8-12/h4-5,8H,6-7,9H2,1-3H3,(H,19,22). The number of aromatic nitrogens is 1. The average molecular weight is 340 g/mol. The second kappa shape index (κ2) is 7.57. The van der Waals surface area contributed by atoms with Gasteiger partial charge in [-0.25, -0.2) is 4.39 Å². The van der Waals surface area contributed by atoms with Gasteiger partial charge in [0.1, 0.15) is 11.6 Å². The smallest absolute Gasteiger partial charge is 0.225 e. The first kappa shape index (κ1) is 17.4. The topological polar surface area (TPSA) is 58.4 Å². The van der Waals surface area contributed by atoms with E-state index in [1.807, 2.05) is 25.8 Å². The normalized spacial score (nSPS) is 11.0. The van der Waals surface area contributed by atoms with Crippen LogP contribution in [-0.2, 0) is 11.3 Å². The van der Waals surface area contributed by atoms with Crippen LogP contribution in [0, 0.1) is 19.7 Å². The van der Waals surface area contributed by atoms with Crippen molar-refractivity contribution in [3.8, 4) is 0 Å². The number of carbonyl (C=O) groups excluding carboxylic acids is 1. The summed E-state index contributed by atoms with van der Waals surface area (Å²) >= 11 is 5.68. The van der Waals surface area contributed by atoms with E-state index in [1.54, 1.807) is 0 Å². The molecule has 0 saturated carbocycles. The average Bonchev–Trinajstić information content (AvgIpc) is 2.81. The Morgan fingerprint density at radius 1 is 1.43 bits per heavy atom. The fourth-order valence-electron chi connectivity index (χ4n) is 2.17. The molecule has 0 aliphatic rings. The van der Waals surface area contributed by atoms with Crippen LogP contribution in [0.1, 0.15) is 23.4 Å². The maximum absolute atomic E-state index is 13.1. The molecule has 23 heavy (non-hydrogen) atoms. The summed E-state index contributed by atoms with van der Waals surface area (Å²) in [4.78, 5) is 14.0. The largest absolute Gasteiger partial charge is 0.361 e. The van der Waals surface area contributed by atoms with E-state index in [1.165, 1.54) is 18.2 Å². The minimum Gasteiger partial charge on any atom is -0.361 e. The maximum atomic E-state index is 13.1. The van der Waals surface area contributed by atoms with Crippen molar-refractivity contribution in [3.63, 3.8) is 0 Å². The number of carbonyl (C=O) groups is 1. The zero-order chi connectivity index (χ0) is 17.0. The Morgan fingerprint density at radius 3 is 2.78 bits per heavy atom. The summed E-state index contributed by atoms with van der Waals surface area (Å²) in [6.07, 6.45) is 0.314. The molecule has 1 amide bonds. The lowest BCUT2D eigenvalue weighted by Crippen LogP contribution is -2.24. The number of nitrogens with one attached hydrogen (secondary N) is 1. The third-order valence-corrected chi connectivity index (χ3v) is 3.82. The molecule has 0 spiro atoms. The monoisotopic (exact) mass is 339 g/mol. The van der Waals surface area contributed by atoms with Crippen molar-refractivity contribution in [3.05, 3.63) is 46.1 Å². The lowest BCUT2D eigenvalue weighted by atomic mass is 10.2. The molecule has 1 aromatic heterocycles. The van der Waals surface area contributed by atoms with Gasteiger partial charge in [0.05, 0.1) is 10.7 Å². The van der Waals surface area contributed by atoms with Gasteiger partial charge in [-0.3, -0.25) is 4.79 Å². The number of halogens is 2. The summed E-state index contributed by atoms with van der Waals surface area (Å²) in [5.41, 5.74) is 2.38. The van der Waals surface area contributed by atoms with E-state index in [9.17, 15) is 9.18 Å². The van der Waals surface area contributed by atoms with E-state index >= 15 is 0 Å². The highest BCUT2D eigenvalue weighted by molar-refractivity contribution is 6.31. The number of hydrogen-bond donors (Lipinski definition) is 1. The number of nitrogens with zero attached hydrogens (tertiary/aromatic N) is 2. The molecule has 0 unspecified atom stereocenters. The zero-order valence-corrected chi connectivity index (χ0v) is 14.1. The van der Waals surface area contributed by atoms with Gasteiger partial charge >= 0.3 is 0 Å². The molecular weight excluding hydrogens is 321 g/mol. The Hall–Kier alpha value is -1.92. The van der Waals surface area contributed by atoms with Crippen LogP contribution in [-0.4, -0.2) is 29.6 Å². The number of benzene rings is 1. The minimum absolute atomic E-state index is 0.0154. The van der Waals surface area contributed by atoms with Crippen molar-refractivity contribution < 1.29 is 13.7 Å². The van der Waals surface area contributed by atoms with Crippen LogP contribution in [0.15, 0.2) is 22.7 Å². The molecule has 0 bridgehead atoms. The third kappa shape index (κ3) is 4.77. The first-order valence-electron chi connectivity index (χ1n) is 7.22. The molecule has 1 heterocycles. The van der Waals surface area contributed by atoms with Crippen molar-refractivity contribution in [2.24, 2.45) is 0 Å². The van der Waals surface area contributed by atoms with E-state index in [2.05, 4.69) is 10.5 Å². The second-order valence-corrected chi connectivity index (χ2v) is 5.87. The maximum Gasteiger partial charge on any atom is 0.225 e. The Balaban J connectivity index is 1.83. The van der Waals surface area contributed by atoms with Gasteiger partial charge < -0.3 is 14.7 Å². The van der Waals surface area contributed by atoms with Crippen molar-refractivity contribution >= 4 is 23.2 Å². The third-order valence-electron chi connectivity index (χ3n) is 3.53. The Kier molecular flexibility index (Phi) is 5.74. The molecule has 2 rings (SSSR count). The van der Waals surface area contributed by atoms with Gasteiger partial charge in [-0.2, -0.15) is 0 Å². The van der Waals surface area contributed by atoms with Crippen molar-refractivity contribution in [1.29, 1.82) is 0 Å². The predicted molar refractivity (Wildman–Crippen MR) is 87.0 cm³/mol. The molecule has 0 saturated heterocycles. The summed E-state index contributed by atoms with van der Waals surface area (Å²) in [6.45, 7) is 5.00. The fourth-order valence-corrected chi connectivity index (χ4v) is 2.35. The van der Waals surface area contributed by atoms with E-state index in [4.69, 9.17) is 16.1 Å². The van der Waals surface area contributed by atoms with Crippen LogP contribution >= 0.6 is 11.6 Å². The van der Waals surface area contributed by atoms with Crippen molar-refractivity contribution in [2.75, 3.05) is 18.9 Å². The SMILES string of the molecule is Cc1noc(C)c1CN(C)CCC(=O)Nc1ccc(F)c(Cl)c1. The van der Waals surface area contributed by atoms with Gasteiger partial charge in [0.2, 0.25) is 5.91 Å². The number of amides is 1. The van der Waals surface area contributed by atoms with Gasteiger partial charge in [-0.1, -0.05) is 16.8 Å². The van der Waals surface area contributed by atoms with Crippen LogP contribution in [0.5, 0.6) is 0 Å². The van der Waals surface area contributed by atoms with Gasteiger partial charge in [0, 0.05) is 30.8 Å². The second-order valence-electron chi connectivity index (χ2n) is 5.47. The molecule has 0 aliphatic carbocycles. The molecule has 5 nitrogen and oxygen atoms in total. The van der Waals surface area contributed by atoms with Gasteiger partial charge in [-0.15, -0.1) is 0 Å². The molecular formula is C16H19ClFN3O2. The molecule has 0 atom stereocenters. The van der Waals surface area contributed by atoms with Crippen LogP contribution in [0.4, 0.5) is 10.1 Å². The zero-order valence-electron chi connectivity index (χ0n) is 13.3. The quantitative estimate of drug-likeness (QED) is 0.874. The van der Waals surface area contributed by atoms with E-state index in [0.717, 1.165) is 17.0 Å². The van der Waals surface area contributed by atoms with Crippen molar-refractivity contribution in [1.82, 2.24) is 10.1 Å².